The second-order valence-electron chi connectivity index (χ2n) is 8.43. The molecule has 1 atom stereocenters. The number of rotatable bonds is 8. The van der Waals surface area contributed by atoms with E-state index in [1.54, 1.807) is 0 Å². The van der Waals surface area contributed by atoms with Crippen LogP contribution in [0.5, 0.6) is 0 Å². The van der Waals surface area contributed by atoms with Crippen molar-refractivity contribution in [3.63, 3.8) is 0 Å². The van der Waals surface area contributed by atoms with E-state index in [1.165, 1.54) is 18.3 Å². The lowest BCUT2D eigenvalue weighted by atomic mass is 9.98. The molecular weight excluding hydrogens is 463 g/mol. The predicted octanol–water partition coefficient (Wildman–Crippen LogP) is 4.81. The lowest BCUT2D eigenvalue weighted by Crippen LogP contribution is -2.29. The van der Waals surface area contributed by atoms with Gasteiger partial charge >= 0.3 is 12.1 Å². The Morgan fingerprint density at radius 2 is 1.83 bits per heavy atom. The fourth-order valence-corrected chi connectivity index (χ4v) is 4.06. The third kappa shape index (κ3) is 6.43. The first-order valence-electron chi connectivity index (χ1n) is 11.3. The molecule has 1 aliphatic rings. The number of ether oxygens (including phenoxy) is 1. The van der Waals surface area contributed by atoms with Crippen LogP contribution in [0.3, 0.4) is 0 Å². The first kappa shape index (κ1) is 24.4. The van der Waals surface area contributed by atoms with E-state index < -0.39 is 29.9 Å². The van der Waals surface area contributed by atoms with Crippen LogP contribution in [0.2, 0.25) is 0 Å². The molecule has 0 spiro atoms. The van der Waals surface area contributed by atoms with Crippen LogP contribution >= 0.6 is 0 Å². The van der Waals surface area contributed by atoms with Gasteiger partial charge in [-0.05, 0) is 30.0 Å². The van der Waals surface area contributed by atoms with Crippen molar-refractivity contribution < 1.29 is 27.5 Å². The van der Waals surface area contributed by atoms with Crippen molar-refractivity contribution in [2.24, 2.45) is 5.92 Å². The Labute approximate surface area is 199 Å². The minimum Gasteiger partial charge on any atom is -0.457 e. The zero-order chi connectivity index (χ0) is 24.8. The second kappa shape index (κ2) is 10.7. The van der Waals surface area contributed by atoms with Gasteiger partial charge in [0.15, 0.2) is 0 Å². The van der Waals surface area contributed by atoms with Gasteiger partial charge in [-0.3, -0.25) is 4.79 Å². The molecule has 11 heteroatoms. The number of hydrogen-bond acceptors (Lipinski definition) is 6. The number of nitrogens with zero attached hydrogens (tertiary/aromatic N) is 4. The Morgan fingerprint density at radius 1 is 1.09 bits per heavy atom. The zero-order valence-corrected chi connectivity index (χ0v) is 18.7. The van der Waals surface area contributed by atoms with Crippen LogP contribution in [0.4, 0.5) is 19.0 Å². The maximum atomic E-state index is 13.0. The maximum absolute atomic E-state index is 13.0. The summed E-state index contributed by atoms with van der Waals surface area (Å²) in [7, 11) is 0. The van der Waals surface area contributed by atoms with E-state index in [0.717, 1.165) is 42.3 Å². The molecule has 1 fully saturated rings. The van der Waals surface area contributed by atoms with E-state index in [1.807, 2.05) is 30.3 Å². The van der Waals surface area contributed by atoms with Crippen LogP contribution in [-0.2, 0) is 22.3 Å². The van der Waals surface area contributed by atoms with Crippen LogP contribution in [-0.4, -0.2) is 31.6 Å². The largest absolute Gasteiger partial charge is 0.457 e. The number of pyridine rings is 1. The number of alkyl halides is 3. The van der Waals surface area contributed by atoms with E-state index in [-0.39, 0.29) is 23.9 Å². The topological polar surface area (TPSA) is 99.0 Å². The summed E-state index contributed by atoms with van der Waals surface area (Å²) in [4.78, 5) is 32.7. The molecule has 3 aromatic rings. The lowest BCUT2D eigenvalue weighted by Gasteiger charge is -2.20. The summed E-state index contributed by atoms with van der Waals surface area (Å²) in [6, 6.07) is 11.1. The molecule has 0 bridgehead atoms. The smallest absolute Gasteiger partial charge is 0.453 e. The van der Waals surface area contributed by atoms with Gasteiger partial charge in [0.25, 0.3) is 5.82 Å². The molecule has 1 saturated carbocycles. The SMILES string of the molecule is O=C(OCc1ccccc1)c1ccc(NC(=O)[C@H](CC2CCCC2)n2cnc(C(F)(F)F)n2)nc1. The normalized spacial score (nSPS) is 15.1. The molecule has 1 N–H and O–H groups in total. The van der Waals surface area contributed by atoms with Crippen molar-refractivity contribution in [3.8, 4) is 0 Å². The molecule has 0 aliphatic heterocycles. The Bertz CT molecular complexity index is 1140. The van der Waals surface area contributed by atoms with Crippen LogP contribution in [0.1, 0.15) is 59.9 Å². The molecule has 184 valence electrons. The van der Waals surface area contributed by atoms with Crippen LogP contribution < -0.4 is 5.32 Å². The standard InChI is InChI=1S/C24H24F3N5O3/c25-24(26,27)23-29-15-32(31-23)19(12-16-6-4-5-7-16)21(33)30-20-11-10-18(13-28-20)22(34)35-14-17-8-2-1-3-9-17/h1-3,8-11,13,15-16,19H,4-7,12,14H2,(H,28,30,33)/t19-/m0/s1. The Morgan fingerprint density at radius 3 is 2.46 bits per heavy atom. The van der Waals surface area contributed by atoms with Crippen molar-refractivity contribution in [1.82, 2.24) is 19.7 Å². The van der Waals surface area contributed by atoms with Crippen LogP contribution in [0, 0.1) is 5.92 Å². The summed E-state index contributed by atoms with van der Waals surface area (Å²) in [5, 5.41) is 6.12. The quantitative estimate of drug-likeness (QED) is 0.458. The molecular formula is C24H24F3N5O3. The Balaban J connectivity index is 1.42. The Hall–Kier alpha value is -3.76. The minimum atomic E-state index is -4.70. The summed E-state index contributed by atoms with van der Waals surface area (Å²) < 4.78 is 45.2. The van der Waals surface area contributed by atoms with E-state index in [4.69, 9.17) is 4.74 Å². The molecule has 0 saturated heterocycles. The third-order valence-electron chi connectivity index (χ3n) is 5.88. The number of nitrogens with one attached hydrogen (secondary N) is 1. The molecule has 8 nitrogen and oxygen atoms in total. The van der Waals surface area contributed by atoms with Gasteiger partial charge in [0.1, 0.15) is 24.8 Å². The number of esters is 1. The molecule has 2 heterocycles. The summed E-state index contributed by atoms with van der Waals surface area (Å²) in [6.45, 7) is 0.110. The van der Waals surface area contributed by atoms with Gasteiger partial charge in [-0.1, -0.05) is 56.0 Å². The van der Waals surface area contributed by atoms with Gasteiger partial charge in [0.2, 0.25) is 5.91 Å². The first-order chi connectivity index (χ1) is 16.8. The fraction of sp³-hybridized carbons (Fsp3) is 0.375. The van der Waals surface area contributed by atoms with Crippen LogP contribution in [0.15, 0.2) is 55.0 Å². The molecule has 1 amide bonds. The monoisotopic (exact) mass is 487 g/mol. The summed E-state index contributed by atoms with van der Waals surface area (Å²) in [6.07, 6.45) is 1.70. The highest BCUT2D eigenvalue weighted by atomic mass is 19.4. The molecule has 0 radical (unpaired) electrons. The van der Waals surface area contributed by atoms with Crippen molar-refractivity contribution >= 4 is 17.7 Å². The van der Waals surface area contributed by atoms with Crippen molar-refractivity contribution in [2.45, 2.75) is 50.9 Å². The highest BCUT2D eigenvalue weighted by Crippen LogP contribution is 2.33. The van der Waals surface area contributed by atoms with Gasteiger partial charge in [0, 0.05) is 6.20 Å². The average molecular weight is 487 g/mol. The average Bonchev–Trinajstić information content (AvgIpc) is 3.54. The summed E-state index contributed by atoms with van der Waals surface area (Å²) in [5.74, 6) is -2.05. The van der Waals surface area contributed by atoms with Crippen LogP contribution in [0.25, 0.3) is 0 Å². The number of carbonyl (C=O) groups is 2. The van der Waals surface area contributed by atoms with Gasteiger partial charge in [-0.15, -0.1) is 5.10 Å². The molecule has 2 aromatic heterocycles. The number of carbonyl (C=O) groups excluding carboxylic acids is 2. The summed E-state index contributed by atoms with van der Waals surface area (Å²) >= 11 is 0. The zero-order valence-electron chi connectivity index (χ0n) is 18.7. The number of anilines is 1. The number of hydrogen-bond donors (Lipinski definition) is 1. The van der Waals surface area contributed by atoms with Crippen molar-refractivity contribution in [2.75, 3.05) is 5.32 Å². The maximum Gasteiger partial charge on any atom is 0.453 e. The van der Waals surface area contributed by atoms with E-state index >= 15 is 0 Å². The first-order valence-corrected chi connectivity index (χ1v) is 11.3. The number of aromatic nitrogens is 4. The van der Waals surface area contributed by atoms with Gasteiger partial charge in [0.05, 0.1) is 5.56 Å². The number of halogens is 3. The van der Waals surface area contributed by atoms with Gasteiger partial charge in [-0.25, -0.2) is 19.4 Å². The summed E-state index contributed by atoms with van der Waals surface area (Å²) in [5.41, 5.74) is 1.04. The Kier molecular flexibility index (Phi) is 7.42. The number of benzene rings is 1. The van der Waals surface area contributed by atoms with Gasteiger partial charge < -0.3 is 10.1 Å². The van der Waals surface area contributed by atoms with E-state index in [2.05, 4.69) is 20.4 Å². The predicted molar refractivity (Wildman–Crippen MR) is 119 cm³/mol. The molecule has 35 heavy (non-hydrogen) atoms. The van der Waals surface area contributed by atoms with E-state index in [0.29, 0.717) is 6.42 Å². The van der Waals surface area contributed by atoms with E-state index in [9.17, 15) is 22.8 Å². The molecule has 4 rings (SSSR count). The van der Waals surface area contributed by atoms with Gasteiger partial charge in [-0.2, -0.15) is 13.2 Å². The lowest BCUT2D eigenvalue weighted by molar-refractivity contribution is -0.145. The van der Waals surface area contributed by atoms with Crippen molar-refractivity contribution in [1.29, 1.82) is 0 Å². The minimum absolute atomic E-state index is 0.110. The fourth-order valence-electron chi connectivity index (χ4n) is 4.06. The molecule has 1 aliphatic carbocycles. The third-order valence-corrected chi connectivity index (χ3v) is 5.88. The number of amides is 1. The molecule has 0 unspecified atom stereocenters. The highest BCUT2D eigenvalue weighted by molar-refractivity contribution is 5.93. The second-order valence-corrected chi connectivity index (χ2v) is 8.43. The van der Waals surface area contributed by atoms with Crippen molar-refractivity contribution in [3.05, 3.63) is 71.9 Å². The molecule has 1 aromatic carbocycles. The highest BCUT2D eigenvalue weighted by Gasteiger charge is 2.37.